The van der Waals surface area contributed by atoms with Crippen LogP contribution >= 0.6 is 23.4 Å². The molecule has 1 nitrogen and oxygen atoms in total. The smallest absolute Gasteiger partial charge is 0.157 e. The van der Waals surface area contributed by atoms with Gasteiger partial charge in [-0.25, -0.2) is 0 Å². The first-order valence-electron chi connectivity index (χ1n) is 4.00. The molecule has 0 aliphatic heterocycles. The second-order valence-electron chi connectivity index (χ2n) is 2.72. The van der Waals surface area contributed by atoms with Crippen molar-refractivity contribution in [3.63, 3.8) is 0 Å². The first-order valence-corrected chi connectivity index (χ1v) is 5.48. The zero-order valence-corrected chi connectivity index (χ0v) is 8.94. The van der Waals surface area contributed by atoms with Gasteiger partial charge in [-0.2, -0.15) is 0 Å². The average molecular weight is 215 g/mol. The molecule has 0 aliphatic carbocycles. The standard InChI is InChI=1S/C10H11ClOS/c1-8(12)10(11)13-7-9-5-3-2-4-6-9/h2-6,10H,7H2,1H3. The molecule has 1 rings (SSSR count). The van der Waals surface area contributed by atoms with Crippen LogP contribution in [0.3, 0.4) is 0 Å². The third-order valence-electron chi connectivity index (χ3n) is 1.56. The van der Waals surface area contributed by atoms with Crippen LogP contribution < -0.4 is 0 Å². The van der Waals surface area contributed by atoms with E-state index in [9.17, 15) is 4.79 Å². The van der Waals surface area contributed by atoms with Gasteiger partial charge < -0.3 is 0 Å². The lowest BCUT2D eigenvalue weighted by Gasteiger charge is -2.04. The highest BCUT2D eigenvalue weighted by Gasteiger charge is 2.09. The Labute approximate surface area is 87.5 Å². The van der Waals surface area contributed by atoms with E-state index >= 15 is 0 Å². The Morgan fingerprint density at radius 3 is 2.62 bits per heavy atom. The van der Waals surface area contributed by atoms with Gasteiger partial charge in [0.2, 0.25) is 0 Å². The average Bonchev–Trinajstić information content (AvgIpc) is 2.15. The number of hydrogen-bond donors (Lipinski definition) is 0. The molecule has 0 fully saturated rings. The highest BCUT2D eigenvalue weighted by molar-refractivity contribution is 8.01. The monoisotopic (exact) mass is 214 g/mol. The van der Waals surface area contributed by atoms with Crippen LogP contribution in [0.2, 0.25) is 0 Å². The molecule has 3 heteroatoms. The molecule has 1 aromatic carbocycles. The molecule has 0 radical (unpaired) electrons. The van der Waals surface area contributed by atoms with Crippen LogP contribution in [0.5, 0.6) is 0 Å². The van der Waals surface area contributed by atoms with E-state index in [1.807, 2.05) is 30.3 Å². The molecule has 0 aliphatic rings. The summed E-state index contributed by atoms with van der Waals surface area (Å²) in [6, 6.07) is 9.98. The van der Waals surface area contributed by atoms with Gasteiger partial charge >= 0.3 is 0 Å². The maximum Gasteiger partial charge on any atom is 0.157 e. The van der Waals surface area contributed by atoms with E-state index in [1.54, 1.807) is 0 Å². The van der Waals surface area contributed by atoms with E-state index in [0.29, 0.717) is 0 Å². The lowest BCUT2D eigenvalue weighted by Crippen LogP contribution is -2.04. The van der Waals surface area contributed by atoms with Crippen molar-refractivity contribution in [3.8, 4) is 0 Å². The summed E-state index contributed by atoms with van der Waals surface area (Å²) in [6.45, 7) is 1.51. The molecule has 1 aromatic rings. The number of halogens is 1. The summed E-state index contributed by atoms with van der Waals surface area (Å²) in [7, 11) is 0. The Balaban J connectivity index is 2.39. The van der Waals surface area contributed by atoms with E-state index in [-0.39, 0.29) is 5.78 Å². The highest BCUT2D eigenvalue weighted by Crippen LogP contribution is 2.21. The third-order valence-corrected chi connectivity index (χ3v) is 3.37. The normalized spacial score (nSPS) is 12.5. The van der Waals surface area contributed by atoms with Gasteiger partial charge in [-0.3, -0.25) is 4.79 Å². The van der Waals surface area contributed by atoms with Crippen LogP contribution in [0.15, 0.2) is 30.3 Å². The molecule has 0 spiro atoms. The molecule has 0 heterocycles. The number of ketones is 1. The third kappa shape index (κ3) is 3.83. The largest absolute Gasteiger partial charge is 0.297 e. The Kier molecular flexibility index (Phi) is 4.33. The molecular weight excluding hydrogens is 204 g/mol. The summed E-state index contributed by atoms with van der Waals surface area (Å²) < 4.78 is -0.416. The Hall–Kier alpha value is -0.470. The van der Waals surface area contributed by atoms with Gasteiger partial charge in [0.05, 0.1) is 0 Å². The van der Waals surface area contributed by atoms with E-state index in [1.165, 1.54) is 24.2 Å². The summed E-state index contributed by atoms with van der Waals surface area (Å²) in [6.07, 6.45) is 0. The topological polar surface area (TPSA) is 17.1 Å². The lowest BCUT2D eigenvalue weighted by atomic mass is 10.2. The highest BCUT2D eigenvalue weighted by atomic mass is 35.5. The fourth-order valence-electron chi connectivity index (χ4n) is 0.861. The number of rotatable bonds is 4. The molecule has 0 bridgehead atoms. The summed E-state index contributed by atoms with van der Waals surface area (Å²) in [5.41, 5.74) is 1.19. The number of thioether (sulfide) groups is 1. The SMILES string of the molecule is CC(=O)C(Cl)SCc1ccccc1. The molecule has 1 atom stereocenters. The molecule has 1 unspecified atom stereocenters. The maximum absolute atomic E-state index is 10.8. The van der Waals surface area contributed by atoms with Crippen molar-refractivity contribution in [1.82, 2.24) is 0 Å². The predicted octanol–water partition coefficient (Wildman–Crippen LogP) is 3.07. The number of benzene rings is 1. The summed E-state index contributed by atoms with van der Waals surface area (Å²) in [5.74, 6) is 0.803. The van der Waals surface area contributed by atoms with Crippen molar-refractivity contribution >= 4 is 29.1 Å². The van der Waals surface area contributed by atoms with E-state index in [4.69, 9.17) is 11.6 Å². The van der Waals surface area contributed by atoms with Gasteiger partial charge in [0, 0.05) is 5.75 Å². The Morgan fingerprint density at radius 1 is 1.46 bits per heavy atom. The van der Waals surface area contributed by atoms with Crippen molar-refractivity contribution < 1.29 is 4.79 Å². The first kappa shape index (κ1) is 10.6. The van der Waals surface area contributed by atoms with Crippen LogP contribution in [0.4, 0.5) is 0 Å². The Morgan fingerprint density at radius 2 is 2.08 bits per heavy atom. The molecular formula is C10H11ClOS. The maximum atomic E-state index is 10.8. The number of Topliss-reactive ketones (excluding diaryl/α,β-unsaturated/α-hetero) is 1. The minimum absolute atomic E-state index is 0.0163. The fraction of sp³-hybridized carbons (Fsp3) is 0.300. The van der Waals surface area contributed by atoms with Crippen molar-refractivity contribution in [2.75, 3.05) is 0 Å². The van der Waals surface area contributed by atoms with Crippen molar-refractivity contribution in [2.24, 2.45) is 0 Å². The van der Waals surface area contributed by atoms with E-state index in [0.717, 1.165) is 5.75 Å². The second-order valence-corrected chi connectivity index (χ2v) is 4.51. The van der Waals surface area contributed by atoms with E-state index in [2.05, 4.69) is 0 Å². The number of alkyl halides is 1. The van der Waals surface area contributed by atoms with Gasteiger partial charge in [0.25, 0.3) is 0 Å². The van der Waals surface area contributed by atoms with E-state index < -0.39 is 4.71 Å². The predicted molar refractivity (Wildman–Crippen MR) is 58.1 cm³/mol. The molecule has 0 N–H and O–H groups in total. The lowest BCUT2D eigenvalue weighted by molar-refractivity contribution is -0.115. The fourth-order valence-corrected chi connectivity index (χ4v) is 1.82. The quantitative estimate of drug-likeness (QED) is 0.717. The van der Waals surface area contributed by atoms with Gasteiger partial charge in [0.15, 0.2) is 5.78 Å². The van der Waals surface area contributed by atoms with Crippen LogP contribution in [0.1, 0.15) is 12.5 Å². The van der Waals surface area contributed by atoms with Crippen LogP contribution in [-0.2, 0) is 10.5 Å². The molecule has 0 saturated carbocycles. The zero-order valence-electron chi connectivity index (χ0n) is 7.37. The van der Waals surface area contributed by atoms with Crippen molar-refractivity contribution in [2.45, 2.75) is 17.4 Å². The number of carbonyl (C=O) groups excluding carboxylic acids is 1. The van der Waals surface area contributed by atoms with Gasteiger partial charge in [-0.15, -0.1) is 23.4 Å². The van der Waals surface area contributed by atoms with Gasteiger partial charge in [0.1, 0.15) is 4.71 Å². The van der Waals surface area contributed by atoms with Crippen LogP contribution in [-0.4, -0.2) is 10.5 Å². The number of hydrogen-bond acceptors (Lipinski definition) is 2. The molecule has 13 heavy (non-hydrogen) atoms. The summed E-state index contributed by atoms with van der Waals surface area (Å²) >= 11 is 7.23. The number of carbonyl (C=O) groups is 1. The van der Waals surface area contributed by atoms with Crippen molar-refractivity contribution in [3.05, 3.63) is 35.9 Å². The summed E-state index contributed by atoms with van der Waals surface area (Å²) in [4.78, 5) is 10.8. The molecule has 0 amide bonds. The first-order chi connectivity index (χ1) is 6.20. The summed E-state index contributed by atoms with van der Waals surface area (Å²) in [5, 5.41) is 0. The zero-order chi connectivity index (χ0) is 9.68. The molecule has 0 aromatic heterocycles. The Bertz CT molecular complexity index is 274. The molecule has 70 valence electrons. The van der Waals surface area contributed by atoms with Gasteiger partial charge in [-0.05, 0) is 12.5 Å². The molecule has 0 saturated heterocycles. The van der Waals surface area contributed by atoms with Crippen molar-refractivity contribution in [1.29, 1.82) is 0 Å². The minimum atomic E-state index is -0.416. The minimum Gasteiger partial charge on any atom is -0.297 e. The van der Waals surface area contributed by atoms with Gasteiger partial charge in [-0.1, -0.05) is 30.3 Å². The van der Waals surface area contributed by atoms with Crippen LogP contribution in [0, 0.1) is 0 Å². The second kappa shape index (κ2) is 5.30. The van der Waals surface area contributed by atoms with Crippen LogP contribution in [0.25, 0.3) is 0 Å².